The van der Waals surface area contributed by atoms with E-state index in [-0.39, 0.29) is 17.7 Å². The first kappa shape index (κ1) is 9.45. The van der Waals surface area contributed by atoms with Crippen LogP contribution in [0.5, 0.6) is 0 Å². The number of piperidine rings is 1. The minimum atomic E-state index is -0.834. The number of fused-ring (bicyclic) bond motifs is 1. The Labute approximate surface area is 81.6 Å². The van der Waals surface area contributed by atoms with E-state index in [1.165, 1.54) is 0 Å². The maximum atomic E-state index is 11.6. The molecule has 1 heterocycles. The van der Waals surface area contributed by atoms with Crippen molar-refractivity contribution in [1.82, 2.24) is 4.90 Å². The normalized spacial score (nSPS) is 34.5. The van der Waals surface area contributed by atoms with Crippen LogP contribution in [0.25, 0.3) is 0 Å². The molecule has 0 aromatic carbocycles. The van der Waals surface area contributed by atoms with Crippen LogP contribution < -0.4 is 0 Å². The third kappa shape index (κ3) is 1.28. The van der Waals surface area contributed by atoms with E-state index < -0.39 is 11.9 Å². The molecule has 3 atom stereocenters. The summed E-state index contributed by atoms with van der Waals surface area (Å²) in [6, 6.07) is 0. The van der Waals surface area contributed by atoms with Crippen molar-refractivity contribution in [3.05, 3.63) is 0 Å². The number of carboxylic acid groups (broad SMARTS) is 1. The van der Waals surface area contributed by atoms with Crippen molar-refractivity contribution in [2.45, 2.75) is 0 Å². The van der Waals surface area contributed by atoms with E-state index in [9.17, 15) is 9.59 Å². The summed E-state index contributed by atoms with van der Waals surface area (Å²) in [5.41, 5.74) is 0. The molecule has 14 heavy (non-hydrogen) atoms. The van der Waals surface area contributed by atoms with E-state index in [4.69, 9.17) is 9.84 Å². The van der Waals surface area contributed by atoms with Gasteiger partial charge in [-0.1, -0.05) is 0 Å². The maximum Gasteiger partial charge on any atom is 0.307 e. The van der Waals surface area contributed by atoms with Crippen molar-refractivity contribution >= 4 is 11.9 Å². The Bertz CT molecular complexity index is 278. The van der Waals surface area contributed by atoms with Gasteiger partial charge in [0.1, 0.15) is 0 Å². The zero-order valence-corrected chi connectivity index (χ0v) is 7.97. The SMILES string of the molecule is COCCN1CC2C(C(=O)O)C2C1=O. The maximum absolute atomic E-state index is 11.6. The lowest BCUT2D eigenvalue weighted by Gasteiger charge is -2.18. The van der Waals surface area contributed by atoms with Crippen molar-refractivity contribution in [1.29, 1.82) is 0 Å². The minimum absolute atomic E-state index is 0.0144. The molecule has 3 unspecified atom stereocenters. The Kier molecular flexibility index (Phi) is 2.19. The smallest absolute Gasteiger partial charge is 0.307 e. The Hall–Kier alpha value is -1.10. The summed E-state index contributed by atoms with van der Waals surface area (Å²) in [4.78, 5) is 23.9. The highest BCUT2D eigenvalue weighted by Gasteiger charge is 2.64. The Morgan fingerprint density at radius 1 is 1.71 bits per heavy atom. The van der Waals surface area contributed by atoms with Crippen LogP contribution in [0.2, 0.25) is 0 Å². The van der Waals surface area contributed by atoms with Crippen LogP contribution in [0, 0.1) is 17.8 Å². The lowest BCUT2D eigenvalue weighted by atomic mass is 10.2. The van der Waals surface area contributed by atoms with Gasteiger partial charge in [0.15, 0.2) is 0 Å². The summed E-state index contributed by atoms with van der Waals surface area (Å²) >= 11 is 0. The Balaban J connectivity index is 1.89. The molecular formula is C9H13NO4. The second-order valence-corrected chi connectivity index (χ2v) is 3.83. The number of aliphatic carboxylic acids is 1. The number of methoxy groups -OCH3 is 1. The van der Waals surface area contributed by atoms with E-state index in [1.54, 1.807) is 12.0 Å². The molecule has 1 saturated carbocycles. The first-order valence-corrected chi connectivity index (χ1v) is 4.67. The van der Waals surface area contributed by atoms with Crippen molar-refractivity contribution in [2.75, 3.05) is 26.8 Å². The molecule has 0 aromatic rings. The topological polar surface area (TPSA) is 66.8 Å². The molecule has 1 amide bonds. The fourth-order valence-corrected chi connectivity index (χ4v) is 2.23. The van der Waals surface area contributed by atoms with Gasteiger partial charge in [0, 0.05) is 26.1 Å². The fourth-order valence-electron chi connectivity index (χ4n) is 2.23. The second-order valence-electron chi connectivity index (χ2n) is 3.83. The molecule has 1 saturated heterocycles. The number of carbonyl (C=O) groups excluding carboxylic acids is 1. The first-order valence-electron chi connectivity index (χ1n) is 4.67. The van der Waals surface area contributed by atoms with Crippen LogP contribution in [0.1, 0.15) is 0 Å². The van der Waals surface area contributed by atoms with Gasteiger partial charge in [0.25, 0.3) is 0 Å². The number of nitrogens with zero attached hydrogens (tertiary/aromatic N) is 1. The number of likely N-dealkylation sites (tertiary alicyclic amines) is 1. The highest BCUT2D eigenvalue weighted by Crippen LogP contribution is 2.52. The van der Waals surface area contributed by atoms with Crippen LogP contribution in [0.3, 0.4) is 0 Å². The number of rotatable bonds is 4. The second kappa shape index (κ2) is 3.24. The molecule has 78 valence electrons. The molecular weight excluding hydrogens is 186 g/mol. The molecule has 0 bridgehead atoms. The Morgan fingerprint density at radius 2 is 2.43 bits per heavy atom. The van der Waals surface area contributed by atoms with Crippen molar-refractivity contribution in [3.8, 4) is 0 Å². The standard InChI is InChI=1S/C9H13NO4/c1-14-3-2-10-4-5-6(8(10)11)7(5)9(12)13/h5-7H,2-4H2,1H3,(H,12,13). The first-order chi connectivity index (χ1) is 6.66. The number of carboxylic acids is 1. The number of carbonyl (C=O) groups is 2. The minimum Gasteiger partial charge on any atom is -0.481 e. The average Bonchev–Trinajstić information content (AvgIpc) is 2.77. The van der Waals surface area contributed by atoms with Gasteiger partial charge < -0.3 is 14.7 Å². The van der Waals surface area contributed by atoms with Gasteiger partial charge in [-0.2, -0.15) is 0 Å². The lowest BCUT2D eigenvalue weighted by Crippen LogP contribution is -2.34. The predicted molar refractivity (Wildman–Crippen MR) is 46.6 cm³/mol. The van der Waals surface area contributed by atoms with Crippen LogP contribution in [0.15, 0.2) is 0 Å². The summed E-state index contributed by atoms with van der Waals surface area (Å²) in [7, 11) is 1.58. The van der Waals surface area contributed by atoms with Crippen molar-refractivity contribution < 1.29 is 19.4 Å². The number of ether oxygens (including phenoxy) is 1. The van der Waals surface area contributed by atoms with Gasteiger partial charge in [-0.25, -0.2) is 0 Å². The summed E-state index contributed by atoms with van der Waals surface area (Å²) in [5.74, 6) is -1.46. The highest BCUT2D eigenvalue weighted by atomic mass is 16.5. The van der Waals surface area contributed by atoms with Gasteiger partial charge in [-0.05, 0) is 0 Å². The fraction of sp³-hybridized carbons (Fsp3) is 0.778. The van der Waals surface area contributed by atoms with Crippen LogP contribution in [-0.2, 0) is 14.3 Å². The number of hydrogen-bond acceptors (Lipinski definition) is 3. The van der Waals surface area contributed by atoms with Crippen LogP contribution in [-0.4, -0.2) is 48.7 Å². The average molecular weight is 199 g/mol. The van der Waals surface area contributed by atoms with Gasteiger partial charge >= 0.3 is 5.97 Å². The molecule has 1 aliphatic carbocycles. The van der Waals surface area contributed by atoms with Crippen molar-refractivity contribution in [2.24, 2.45) is 17.8 Å². The number of amides is 1. The Morgan fingerprint density at radius 3 is 2.86 bits per heavy atom. The van der Waals surface area contributed by atoms with Gasteiger partial charge in [0.2, 0.25) is 5.91 Å². The summed E-state index contributed by atoms with van der Waals surface area (Å²) < 4.78 is 4.87. The molecule has 2 rings (SSSR count). The van der Waals surface area contributed by atoms with E-state index >= 15 is 0 Å². The van der Waals surface area contributed by atoms with Crippen molar-refractivity contribution in [3.63, 3.8) is 0 Å². The van der Waals surface area contributed by atoms with E-state index in [2.05, 4.69) is 0 Å². The largest absolute Gasteiger partial charge is 0.481 e. The summed E-state index contributed by atoms with van der Waals surface area (Å²) in [6.07, 6.45) is 0. The molecule has 0 radical (unpaired) electrons. The summed E-state index contributed by atoms with van der Waals surface area (Å²) in [6.45, 7) is 1.68. The number of hydrogen-bond donors (Lipinski definition) is 1. The van der Waals surface area contributed by atoms with Crippen LogP contribution in [0.4, 0.5) is 0 Å². The van der Waals surface area contributed by atoms with Gasteiger partial charge in [0.05, 0.1) is 18.4 Å². The lowest BCUT2D eigenvalue weighted by molar-refractivity contribution is -0.142. The third-order valence-electron chi connectivity index (χ3n) is 3.05. The zero-order valence-electron chi connectivity index (χ0n) is 7.97. The molecule has 0 aromatic heterocycles. The van der Waals surface area contributed by atoms with Crippen LogP contribution >= 0.6 is 0 Å². The highest BCUT2D eigenvalue weighted by molar-refractivity contribution is 5.93. The van der Waals surface area contributed by atoms with E-state index in [1.807, 2.05) is 0 Å². The summed E-state index contributed by atoms with van der Waals surface area (Å²) in [5, 5.41) is 8.74. The molecule has 1 N–H and O–H groups in total. The molecule has 2 fully saturated rings. The molecule has 5 heteroatoms. The van der Waals surface area contributed by atoms with E-state index in [0.717, 1.165) is 0 Å². The molecule has 0 spiro atoms. The predicted octanol–water partition coefficient (Wildman–Crippen LogP) is -0.578. The van der Waals surface area contributed by atoms with Gasteiger partial charge in [-0.3, -0.25) is 9.59 Å². The van der Waals surface area contributed by atoms with Gasteiger partial charge in [-0.15, -0.1) is 0 Å². The molecule has 5 nitrogen and oxygen atoms in total. The third-order valence-corrected chi connectivity index (χ3v) is 3.05. The molecule has 1 aliphatic heterocycles. The molecule has 2 aliphatic rings. The quantitative estimate of drug-likeness (QED) is 0.658. The van der Waals surface area contributed by atoms with E-state index in [0.29, 0.717) is 19.7 Å². The zero-order chi connectivity index (χ0) is 10.3. The monoisotopic (exact) mass is 199 g/mol.